The molecular formula is C11H11N3O5. The van der Waals surface area contributed by atoms with Crippen LogP contribution in [0.3, 0.4) is 0 Å². The van der Waals surface area contributed by atoms with E-state index in [4.69, 9.17) is 4.42 Å². The largest absolute Gasteiger partial charge is 0.463 e. The average Bonchev–Trinajstić information content (AvgIpc) is 2.97. The lowest BCUT2D eigenvalue weighted by Gasteiger charge is -2.00. The summed E-state index contributed by atoms with van der Waals surface area (Å²) in [5.41, 5.74) is 0. The second kappa shape index (κ2) is 4.92. The number of rotatable bonds is 4. The molecule has 0 aliphatic heterocycles. The number of carbonyl (C=O) groups is 1. The molecule has 2 heterocycles. The summed E-state index contributed by atoms with van der Waals surface area (Å²) in [7, 11) is 1.25. The van der Waals surface area contributed by atoms with Gasteiger partial charge in [-0.3, -0.25) is 0 Å². The lowest BCUT2D eigenvalue weighted by Crippen LogP contribution is -2.05. The van der Waals surface area contributed by atoms with E-state index >= 15 is 0 Å². The Kier molecular flexibility index (Phi) is 3.32. The summed E-state index contributed by atoms with van der Waals surface area (Å²) in [5, 5.41) is 10.8. The van der Waals surface area contributed by atoms with Gasteiger partial charge in [0.25, 0.3) is 0 Å². The molecule has 0 fully saturated rings. The van der Waals surface area contributed by atoms with Gasteiger partial charge in [-0.1, -0.05) is 0 Å². The molecule has 0 N–H and O–H groups in total. The van der Waals surface area contributed by atoms with Crippen LogP contribution in [-0.4, -0.2) is 27.6 Å². The molecule has 0 saturated carbocycles. The van der Waals surface area contributed by atoms with Gasteiger partial charge in [-0.05, 0) is 17.1 Å². The van der Waals surface area contributed by atoms with Crippen LogP contribution in [-0.2, 0) is 11.3 Å². The highest BCUT2D eigenvalue weighted by atomic mass is 16.6. The third-order valence-electron chi connectivity index (χ3n) is 2.58. The van der Waals surface area contributed by atoms with Gasteiger partial charge in [0.1, 0.15) is 12.0 Å². The lowest BCUT2D eigenvalue weighted by atomic mass is 10.4. The quantitative estimate of drug-likeness (QED) is 0.472. The molecule has 0 unspecified atom stereocenters. The Balaban J connectivity index is 2.26. The molecule has 0 bridgehead atoms. The Labute approximate surface area is 107 Å². The second-order valence-electron chi connectivity index (χ2n) is 3.76. The van der Waals surface area contributed by atoms with Gasteiger partial charge in [0.15, 0.2) is 12.4 Å². The lowest BCUT2D eigenvalue weighted by molar-refractivity contribution is -0.392. The van der Waals surface area contributed by atoms with Crippen molar-refractivity contribution >= 4 is 11.8 Å². The molecule has 100 valence electrons. The molecule has 0 spiro atoms. The van der Waals surface area contributed by atoms with E-state index < -0.39 is 10.9 Å². The molecule has 8 nitrogen and oxygen atoms in total. The van der Waals surface area contributed by atoms with E-state index in [1.54, 1.807) is 13.0 Å². The van der Waals surface area contributed by atoms with Crippen molar-refractivity contribution in [1.82, 2.24) is 9.55 Å². The van der Waals surface area contributed by atoms with Crippen LogP contribution in [0.25, 0.3) is 0 Å². The van der Waals surface area contributed by atoms with Gasteiger partial charge in [-0.15, -0.1) is 0 Å². The fraction of sp³-hybridized carbons (Fsp3) is 0.273. The van der Waals surface area contributed by atoms with Crippen molar-refractivity contribution in [3.8, 4) is 0 Å². The van der Waals surface area contributed by atoms with Crippen molar-refractivity contribution in [3.05, 3.63) is 45.8 Å². The first kappa shape index (κ1) is 12.8. The molecule has 19 heavy (non-hydrogen) atoms. The summed E-state index contributed by atoms with van der Waals surface area (Å²) in [6, 6.07) is 3.02. The van der Waals surface area contributed by atoms with Crippen LogP contribution in [0.15, 0.2) is 22.7 Å². The fourth-order valence-electron chi connectivity index (χ4n) is 1.63. The number of nitro groups is 1. The molecule has 8 heteroatoms. The van der Waals surface area contributed by atoms with Crippen molar-refractivity contribution in [2.75, 3.05) is 7.11 Å². The third kappa shape index (κ3) is 2.46. The first-order valence-corrected chi connectivity index (χ1v) is 5.36. The molecular weight excluding hydrogens is 254 g/mol. The molecule has 2 aromatic rings. The maximum atomic E-state index is 11.2. The number of ether oxygens (including phenoxy) is 1. The molecule has 0 saturated heterocycles. The van der Waals surface area contributed by atoms with Gasteiger partial charge in [0, 0.05) is 6.92 Å². The van der Waals surface area contributed by atoms with Crippen LogP contribution in [0.2, 0.25) is 0 Å². The van der Waals surface area contributed by atoms with Gasteiger partial charge < -0.3 is 19.3 Å². The van der Waals surface area contributed by atoms with Crippen molar-refractivity contribution in [1.29, 1.82) is 0 Å². The van der Waals surface area contributed by atoms with Crippen LogP contribution >= 0.6 is 0 Å². The number of imidazole rings is 1. The van der Waals surface area contributed by atoms with Crippen molar-refractivity contribution in [3.63, 3.8) is 0 Å². The SMILES string of the molecule is COC(=O)c1ccc(Cn2c([N+](=O)[O-])cnc2C)o1. The number of methoxy groups -OCH3 is 1. The van der Waals surface area contributed by atoms with E-state index in [0.29, 0.717) is 11.6 Å². The zero-order chi connectivity index (χ0) is 14.0. The number of carbonyl (C=O) groups excluding carboxylic acids is 1. The van der Waals surface area contributed by atoms with E-state index in [-0.39, 0.29) is 18.1 Å². The number of aromatic nitrogens is 2. The predicted molar refractivity (Wildman–Crippen MR) is 62.8 cm³/mol. The Hall–Kier alpha value is -2.64. The minimum absolute atomic E-state index is 0.0536. The standard InChI is InChI=1S/C11H11N3O5/c1-7-12-5-10(14(16)17)13(7)6-8-3-4-9(19-8)11(15)18-2/h3-5H,6H2,1-2H3. The van der Waals surface area contributed by atoms with Crippen LogP contribution in [0.1, 0.15) is 22.1 Å². The number of aryl methyl sites for hydroxylation is 1. The fourth-order valence-corrected chi connectivity index (χ4v) is 1.63. The van der Waals surface area contributed by atoms with Gasteiger partial charge in [0.2, 0.25) is 5.76 Å². The monoisotopic (exact) mass is 265 g/mol. The Morgan fingerprint density at radius 1 is 1.58 bits per heavy atom. The molecule has 0 aliphatic rings. The molecule has 2 aromatic heterocycles. The van der Waals surface area contributed by atoms with E-state index in [0.717, 1.165) is 0 Å². The first-order valence-electron chi connectivity index (χ1n) is 5.36. The van der Waals surface area contributed by atoms with Crippen LogP contribution in [0.5, 0.6) is 0 Å². The summed E-state index contributed by atoms with van der Waals surface area (Å²) in [6.07, 6.45) is 1.18. The maximum absolute atomic E-state index is 11.2. The summed E-state index contributed by atoms with van der Waals surface area (Å²) in [4.78, 5) is 25.4. The van der Waals surface area contributed by atoms with Gasteiger partial charge >= 0.3 is 11.8 Å². The first-order chi connectivity index (χ1) is 9.02. The minimum atomic E-state index is -0.594. The van der Waals surface area contributed by atoms with Crippen molar-refractivity contribution < 1.29 is 18.9 Å². The van der Waals surface area contributed by atoms with E-state index in [1.165, 1.54) is 23.9 Å². The number of nitrogens with zero attached hydrogens (tertiary/aromatic N) is 3. The highest BCUT2D eigenvalue weighted by molar-refractivity contribution is 5.86. The highest BCUT2D eigenvalue weighted by Gasteiger charge is 2.20. The number of hydrogen-bond acceptors (Lipinski definition) is 6. The topological polar surface area (TPSA) is 100 Å². The normalized spacial score (nSPS) is 10.4. The molecule has 0 atom stereocenters. The zero-order valence-electron chi connectivity index (χ0n) is 10.3. The van der Waals surface area contributed by atoms with Crippen LogP contribution < -0.4 is 0 Å². The molecule has 0 radical (unpaired) electrons. The second-order valence-corrected chi connectivity index (χ2v) is 3.76. The Morgan fingerprint density at radius 2 is 2.32 bits per heavy atom. The molecule has 2 rings (SSSR count). The summed E-state index contributed by atoms with van der Waals surface area (Å²) >= 11 is 0. The van der Waals surface area contributed by atoms with Gasteiger partial charge in [-0.2, -0.15) is 0 Å². The predicted octanol–water partition coefficient (Wildman–Crippen LogP) is 1.53. The summed E-state index contributed by atoms with van der Waals surface area (Å²) < 4.78 is 11.2. The van der Waals surface area contributed by atoms with Crippen LogP contribution in [0, 0.1) is 17.0 Å². The van der Waals surface area contributed by atoms with E-state index in [1.807, 2.05) is 0 Å². The summed E-state index contributed by atoms with van der Waals surface area (Å²) in [6.45, 7) is 1.77. The molecule has 0 amide bonds. The number of hydrogen-bond donors (Lipinski definition) is 0. The summed E-state index contributed by atoms with van der Waals surface area (Å²) in [5.74, 6) is 0.224. The van der Waals surface area contributed by atoms with Crippen molar-refractivity contribution in [2.45, 2.75) is 13.5 Å². The zero-order valence-corrected chi connectivity index (χ0v) is 10.3. The average molecular weight is 265 g/mol. The minimum Gasteiger partial charge on any atom is -0.463 e. The molecule has 0 aliphatic carbocycles. The highest BCUT2D eigenvalue weighted by Crippen LogP contribution is 2.17. The van der Waals surface area contributed by atoms with Crippen molar-refractivity contribution in [2.24, 2.45) is 0 Å². The maximum Gasteiger partial charge on any atom is 0.373 e. The van der Waals surface area contributed by atoms with Gasteiger partial charge in [-0.25, -0.2) is 14.3 Å². The Bertz CT molecular complexity index is 628. The van der Waals surface area contributed by atoms with E-state index in [9.17, 15) is 14.9 Å². The molecule has 0 aromatic carbocycles. The number of esters is 1. The Morgan fingerprint density at radius 3 is 2.95 bits per heavy atom. The smallest absolute Gasteiger partial charge is 0.373 e. The van der Waals surface area contributed by atoms with Crippen LogP contribution in [0.4, 0.5) is 5.82 Å². The third-order valence-corrected chi connectivity index (χ3v) is 2.58. The van der Waals surface area contributed by atoms with Gasteiger partial charge in [0.05, 0.1) is 7.11 Å². The number of furan rings is 1. The van der Waals surface area contributed by atoms with E-state index in [2.05, 4.69) is 9.72 Å².